The number of para-hydroxylation sites is 1. The maximum absolute atomic E-state index is 10.8. The van der Waals surface area contributed by atoms with Gasteiger partial charge in [-0.25, -0.2) is 0 Å². The minimum atomic E-state index is -4.01. The van der Waals surface area contributed by atoms with Gasteiger partial charge in [0.05, 0.1) is 0 Å². The summed E-state index contributed by atoms with van der Waals surface area (Å²) in [6.07, 6.45) is 0. The van der Waals surface area contributed by atoms with E-state index in [1.165, 1.54) is 0 Å². The van der Waals surface area contributed by atoms with Crippen LogP contribution in [0, 0.1) is 0 Å². The zero-order chi connectivity index (χ0) is 8.32. The summed E-state index contributed by atoms with van der Waals surface area (Å²) >= 11 is -4.01. The normalized spacial score (nSPS) is 11.1. The van der Waals surface area contributed by atoms with E-state index in [-0.39, 0.29) is 0 Å². The Morgan fingerprint density at radius 1 is 1.18 bits per heavy atom. The van der Waals surface area contributed by atoms with E-state index in [2.05, 4.69) is 0 Å². The van der Waals surface area contributed by atoms with Crippen molar-refractivity contribution in [3.8, 4) is 5.75 Å². The van der Waals surface area contributed by atoms with Crippen molar-refractivity contribution in [1.29, 1.82) is 0 Å². The molecule has 0 bridgehead atoms. The molecule has 11 heavy (non-hydrogen) atoms. The minimum absolute atomic E-state index is 0.431. The van der Waals surface area contributed by atoms with Gasteiger partial charge >= 0.3 is 75.5 Å². The Morgan fingerprint density at radius 3 is 2.18 bits per heavy atom. The molecule has 2 nitrogen and oxygen atoms in total. The first kappa shape index (κ1) is 9.08. The number of hydrogen-bond donors (Lipinski definition) is 0. The summed E-state index contributed by atoms with van der Waals surface area (Å²) in [5.41, 5.74) is 0. The van der Waals surface area contributed by atoms with Gasteiger partial charge in [-0.2, -0.15) is 0 Å². The maximum atomic E-state index is 10.8. The van der Waals surface area contributed by atoms with Gasteiger partial charge in [0.25, 0.3) is 0 Å². The Kier molecular flexibility index (Phi) is 2.96. The SMILES string of the molecule is [O]=[V]([Cl])([Cl])[O]c1ccccc1. The molecule has 0 aliphatic rings. The van der Waals surface area contributed by atoms with Gasteiger partial charge in [0.2, 0.25) is 0 Å². The fraction of sp³-hybridized carbons (Fsp3) is 0. The Labute approximate surface area is 75.5 Å². The number of hydrogen-bond acceptors (Lipinski definition) is 2. The second-order valence-corrected chi connectivity index (χ2v) is 7.78. The number of halogens is 2. The van der Waals surface area contributed by atoms with Crippen LogP contribution in [-0.2, 0) is 16.1 Å². The van der Waals surface area contributed by atoms with Crippen LogP contribution in [0.15, 0.2) is 30.3 Å². The van der Waals surface area contributed by atoms with E-state index in [1.807, 2.05) is 6.07 Å². The molecule has 0 amide bonds. The summed E-state index contributed by atoms with van der Waals surface area (Å²) in [4.78, 5) is 0. The molecular formula is C6H5Cl2O2V. The van der Waals surface area contributed by atoms with E-state index in [4.69, 9.17) is 23.4 Å². The molecule has 0 saturated carbocycles. The molecule has 0 aliphatic carbocycles. The van der Waals surface area contributed by atoms with Crippen molar-refractivity contribution in [3.63, 3.8) is 0 Å². The van der Waals surface area contributed by atoms with Gasteiger partial charge in [0, 0.05) is 0 Å². The first-order chi connectivity index (χ1) is 5.08. The Bertz CT molecular complexity index is 269. The monoisotopic (exact) mass is 230 g/mol. The van der Waals surface area contributed by atoms with Crippen LogP contribution in [0.4, 0.5) is 0 Å². The van der Waals surface area contributed by atoms with Crippen molar-refractivity contribution in [2.75, 3.05) is 0 Å². The molecular weight excluding hydrogens is 226 g/mol. The first-order valence-corrected chi connectivity index (χ1v) is 7.80. The summed E-state index contributed by atoms with van der Waals surface area (Å²) in [6, 6.07) is 8.58. The molecule has 0 N–H and O–H groups in total. The van der Waals surface area contributed by atoms with Crippen LogP contribution in [0.3, 0.4) is 0 Å². The third-order valence-electron chi connectivity index (χ3n) is 0.955. The van der Waals surface area contributed by atoms with Crippen molar-refractivity contribution in [2.24, 2.45) is 0 Å². The van der Waals surface area contributed by atoms with Gasteiger partial charge in [-0.1, -0.05) is 0 Å². The van der Waals surface area contributed by atoms with Gasteiger partial charge in [-0.15, -0.1) is 0 Å². The standard InChI is InChI=1S/C6H6O.2ClH.O.V/c7-6-4-2-1-3-5-6;;;;/h1-5,7H;2*1H;;/q;;;;+3/p-3. The average Bonchev–Trinajstić information content (AvgIpc) is 1.85. The van der Waals surface area contributed by atoms with Crippen molar-refractivity contribution < 1.29 is 19.7 Å². The molecule has 1 aromatic carbocycles. The Morgan fingerprint density at radius 2 is 1.73 bits per heavy atom. The second-order valence-electron chi connectivity index (χ2n) is 1.82. The van der Waals surface area contributed by atoms with Crippen molar-refractivity contribution in [1.82, 2.24) is 0 Å². The molecule has 0 spiro atoms. The summed E-state index contributed by atoms with van der Waals surface area (Å²) < 4.78 is 15.5. The molecule has 0 unspecified atom stereocenters. The van der Waals surface area contributed by atoms with Gasteiger partial charge in [-0.05, 0) is 0 Å². The van der Waals surface area contributed by atoms with Gasteiger partial charge in [-0.3, -0.25) is 0 Å². The third-order valence-corrected chi connectivity index (χ3v) is 2.19. The summed E-state index contributed by atoms with van der Waals surface area (Å²) in [5, 5.41) is 0. The van der Waals surface area contributed by atoms with Crippen LogP contribution < -0.4 is 3.66 Å². The average molecular weight is 231 g/mol. The van der Waals surface area contributed by atoms with Crippen LogP contribution in [0.1, 0.15) is 0 Å². The van der Waals surface area contributed by atoms with Crippen LogP contribution in [0.25, 0.3) is 0 Å². The first-order valence-electron chi connectivity index (χ1n) is 2.82. The molecule has 1 rings (SSSR count). The van der Waals surface area contributed by atoms with E-state index in [0.29, 0.717) is 5.75 Å². The molecule has 0 atom stereocenters. The van der Waals surface area contributed by atoms with Crippen LogP contribution >= 0.6 is 19.7 Å². The van der Waals surface area contributed by atoms with Crippen LogP contribution in [-0.4, -0.2) is 0 Å². The van der Waals surface area contributed by atoms with Crippen molar-refractivity contribution in [2.45, 2.75) is 0 Å². The topological polar surface area (TPSA) is 26.3 Å². The van der Waals surface area contributed by atoms with Gasteiger partial charge < -0.3 is 0 Å². The Balaban J connectivity index is 2.74. The molecule has 0 saturated heterocycles. The van der Waals surface area contributed by atoms with Crippen LogP contribution in [0.5, 0.6) is 5.75 Å². The zero-order valence-corrected chi connectivity index (χ0v) is 8.31. The number of rotatable bonds is 2. The van der Waals surface area contributed by atoms with E-state index in [9.17, 15) is 3.67 Å². The molecule has 0 radical (unpaired) electrons. The number of benzene rings is 1. The zero-order valence-electron chi connectivity index (χ0n) is 5.41. The summed E-state index contributed by atoms with van der Waals surface area (Å²) in [5.74, 6) is 0.431. The molecule has 5 heteroatoms. The van der Waals surface area contributed by atoms with E-state index in [0.717, 1.165) is 0 Å². The van der Waals surface area contributed by atoms with E-state index >= 15 is 0 Å². The van der Waals surface area contributed by atoms with Gasteiger partial charge in [0.1, 0.15) is 0 Å². The molecule has 0 fully saturated rings. The second kappa shape index (κ2) is 3.59. The fourth-order valence-corrected chi connectivity index (χ4v) is 1.83. The molecule has 0 aliphatic heterocycles. The molecule has 60 valence electrons. The Hall–Kier alpha value is -0.0156. The van der Waals surface area contributed by atoms with Crippen LogP contribution in [0.2, 0.25) is 0 Å². The van der Waals surface area contributed by atoms with E-state index in [1.54, 1.807) is 24.3 Å². The molecule has 0 aromatic heterocycles. The summed E-state index contributed by atoms with van der Waals surface area (Å²) in [6.45, 7) is 0. The quantitative estimate of drug-likeness (QED) is 0.781. The van der Waals surface area contributed by atoms with Crippen molar-refractivity contribution >= 4 is 19.7 Å². The molecule has 0 heterocycles. The molecule has 1 aromatic rings. The van der Waals surface area contributed by atoms with E-state index < -0.39 is 12.4 Å². The third kappa shape index (κ3) is 3.78. The predicted octanol–water partition coefficient (Wildman–Crippen LogP) is 2.79. The van der Waals surface area contributed by atoms with Gasteiger partial charge in [0.15, 0.2) is 0 Å². The fourth-order valence-electron chi connectivity index (χ4n) is 0.604. The predicted molar refractivity (Wildman–Crippen MR) is 39.5 cm³/mol. The summed E-state index contributed by atoms with van der Waals surface area (Å²) in [7, 11) is 10.5. The van der Waals surface area contributed by atoms with Crippen molar-refractivity contribution in [3.05, 3.63) is 30.3 Å².